The van der Waals surface area contributed by atoms with Crippen LogP contribution >= 0.6 is 0 Å². The molecule has 2 aromatic rings. The Morgan fingerprint density at radius 2 is 1.81 bits per heavy atom. The highest BCUT2D eigenvalue weighted by Crippen LogP contribution is 2.32. The zero-order valence-corrected chi connectivity index (χ0v) is 17.6. The molecule has 31 heavy (non-hydrogen) atoms. The number of nitrogens with one attached hydrogen (secondary N) is 1. The van der Waals surface area contributed by atoms with Crippen LogP contribution in [0.3, 0.4) is 0 Å². The number of hydrogen-bond donors (Lipinski definition) is 1. The van der Waals surface area contributed by atoms with Gasteiger partial charge < -0.3 is 24.4 Å². The third-order valence-electron chi connectivity index (χ3n) is 5.54. The molecule has 0 aliphatic carbocycles. The van der Waals surface area contributed by atoms with Crippen molar-refractivity contribution in [2.75, 3.05) is 46.6 Å². The van der Waals surface area contributed by atoms with Gasteiger partial charge in [0.05, 0.1) is 13.7 Å². The van der Waals surface area contributed by atoms with Crippen molar-refractivity contribution >= 4 is 11.8 Å². The SMILES string of the molecule is COc1ccc(CN2CCCN(C(=O)CNC(=O)c3ccc4c(c3)OCO4)CC2)cc1. The lowest BCUT2D eigenvalue weighted by molar-refractivity contribution is -0.130. The number of rotatable bonds is 6. The molecule has 0 saturated carbocycles. The Balaban J connectivity index is 1.25. The molecule has 2 aliphatic rings. The monoisotopic (exact) mass is 425 g/mol. The van der Waals surface area contributed by atoms with Crippen molar-refractivity contribution in [1.82, 2.24) is 15.1 Å². The molecule has 2 aromatic carbocycles. The second-order valence-corrected chi connectivity index (χ2v) is 7.61. The van der Waals surface area contributed by atoms with Crippen molar-refractivity contribution in [3.05, 3.63) is 53.6 Å². The number of nitrogens with zero attached hydrogens (tertiary/aromatic N) is 2. The number of amides is 2. The Kier molecular flexibility index (Phi) is 6.57. The molecule has 2 heterocycles. The first-order chi connectivity index (χ1) is 15.1. The van der Waals surface area contributed by atoms with Gasteiger partial charge in [0, 0.05) is 38.3 Å². The zero-order chi connectivity index (χ0) is 21.6. The van der Waals surface area contributed by atoms with Gasteiger partial charge in [-0.15, -0.1) is 0 Å². The Bertz CT molecular complexity index is 931. The summed E-state index contributed by atoms with van der Waals surface area (Å²) in [6.07, 6.45) is 0.901. The first kappa shape index (κ1) is 21.0. The maximum absolute atomic E-state index is 12.6. The average Bonchev–Trinajstić information content (AvgIpc) is 3.15. The van der Waals surface area contributed by atoms with E-state index in [2.05, 4.69) is 22.3 Å². The first-order valence-electron chi connectivity index (χ1n) is 10.4. The number of methoxy groups -OCH3 is 1. The second-order valence-electron chi connectivity index (χ2n) is 7.61. The standard InChI is InChI=1S/C23H27N3O5/c1-29-19-6-3-17(4-7-19)15-25-9-2-10-26(12-11-25)22(27)14-24-23(28)18-5-8-20-21(13-18)31-16-30-20/h3-8,13H,2,9-12,14-16H2,1H3,(H,24,28). The molecule has 164 valence electrons. The predicted octanol–water partition coefficient (Wildman–Crippen LogP) is 1.89. The van der Waals surface area contributed by atoms with Crippen molar-refractivity contribution in [2.45, 2.75) is 13.0 Å². The first-order valence-corrected chi connectivity index (χ1v) is 10.4. The van der Waals surface area contributed by atoms with E-state index < -0.39 is 0 Å². The Hall–Kier alpha value is -3.26. The quantitative estimate of drug-likeness (QED) is 0.761. The summed E-state index contributed by atoms with van der Waals surface area (Å²) in [7, 11) is 1.66. The highest BCUT2D eigenvalue weighted by atomic mass is 16.7. The van der Waals surface area contributed by atoms with E-state index in [1.807, 2.05) is 17.0 Å². The van der Waals surface area contributed by atoms with Crippen LogP contribution in [0.15, 0.2) is 42.5 Å². The highest BCUT2D eigenvalue weighted by molar-refractivity contribution is 5.97. The largest absolute Gasteiger partial charge is 0.497 e. The summed E-state index contributed by atoms with van der Waals surface area (Å²) in [6.45, 7) is 4.04. The van der Waals surface area contributed by atoms with E-state index in [-0.39, 0.29) is 25.2 Å². The molecule has 0 spiro atoms. The fraction of sp³-hybridized carbons (Fsp3) is 0.391. The van der Waals surface area contributed by atoms with Crippen LogP contribution in [0.25, 0.3) is 0 Å². The van der Waals surface area contributed by atoms with Crippen molar-refractivity contribution in [3.8, 4) is 17.2 Å². The summed E-state index contributed by atoms with van der Waals surface area (Å²) in [6, 6.07) is 13.1. The molecule has 0 bridgehead atoms. The fourth-order valence-corrected chi connectivity index (χ4v) is 3.78. The number of carbonyl (C=O) groups excluding carboxylic acids is 2. The van der Waals surface area contributed by atoms with E-state index in [0.717, 1.165) is 31.8 Å². The molecule has 1 fully saturated rings. The molecule has 2 aliphatic heterocycles. The number of benzene rings is 2. The van der Waals surface area contributed by atoms with Gasteiger partial charge in [0.2, 0.25) is 12.7 Å². The van der Waals surface area contributed by atoms with E-state index >= 15 is 0 Å². The van der Waals surface area contributed by atoms with Gasteiger partial charge in [-0.1, -0.05) is 12.1 Å². The average molecular weight is 425 g/mol. The highest BCUT2D eigenvalue weighted by Gasteiger charge is 2.21. The van der Waals surface area contributed by atoms with Gasteiger partial charge in [0.1, 0.15) is 5.75 Å². The number of carbonyl (C=O) groups is 2. The van der Waals surface area contributed by atoms with Gasteiger partial charge in [0.25, 0.3) is 5.91 Å². The summed E-state index contributed by atoms with van der Waals surface area (Å²) in [5.41, 5.74) is 1.66. The summed E-state index contributed by atoms with van der Waals surface area (Å²) >= 11 is 0. The van der Waals surface area contributed by atoms with E-state index in [4.69, 9.17) is 14.2 Å². The Morgan fingerprint density at radius 1 is 1.00 bits per heavy atom. The van der Waals surface area contributed by atoms with Crippen LogP contribution in [0.5, 0.6) is 17.2 Å². The molecule has 0 atom stereocenters. The van der Waals surface area contributed by atoms with Gasteiger partial charge in [-0.3, -0.25) is 14.5 Å². The van der Waals surface area contributed by atoms with Crippen LogP contribution in [0.4, 0.5) is 0 Å². The molecule has 1 saturated heterocycles. The van der Waals surface area contributed by atoms with Gasteiger partial charge in [-0.25, -0.2) is 0 Å². The number of ether oxygens (including phenoxy) is 3. The molecule has 0 radical (unpaired) electrons. The van der Waals surface area contributed by atoms with Crippen LogP contribution in [-0.4, -0.2) is 68.2 Å². The summed E-state index contributed by atoms with van der Waals surface area (Å²) < 4.78 is 15.8. The molecule has 2 amide bonds. The molecular formula is C23H27N3O5. The Labute approximate surface area is 181 Å². The van der Waals surface area contributed by atoms with Crippen molar-refractivity contribution in [2.24, 2.45) is 0 Å². The normalized spacial score (nSPS) is 16.0. The van der Waals surface area contributed by atoms with Crippen LogP contribution < -0.4 is 19.5 Å². The molecule has 4 rings (SSSR count). The molecule has 8 heteroatoms. The van der Waals surface area contributed by atoms with Crippen molar-refractivity contribution < 1.29 is 23.8 Å². The number of hydrogen-bond acceptors (Lipinski definition) is 6. The van der Waals surface area contributed by atoms with Gasteiger partial charge in [-0.2, -0.15) is 0 Å². The second kappa shape index (κ2) is 9.70. The van der Waals surface area contributed by atoms with Crippen LogP contribution in [0.1, 0.15) is 22.3 Å². The molecule has 1 N–H and O–H groups in total. The zero-order valence-electron chi connectivity index (χ0n) is 17.6. The molecular weight excluding hydrogens is 398 g/mol. The van der Waals surface area contributed by atoms with Crippen molar-refractivity contribution in [3.63, 3.8) is 0 Å². The maximum atomic E-state index is 12.6. The van der Waals surface area contributed by atoms with Crippen LogP contribution in [0, 0.1) is 0 Å². The van der Waals surface area contributed by atoms with E-state index in [9.17, 15) is 9.59 Å². The van der Waals surface area contributed by atoms with E-state index in [1.165, 1.54) is 5.56 Å². The van der Waals surface area contributed by atoms with Gasteiger partial charge >= 0.3 is 0 Å². The summed E-state index contributed by atoms with van der Waals surface area (Å²) in [4.78, 5) is 29.2. The third-order valence-corrected chi connectivity index (χ3v) is 5.54. The number of fused-ring (bicyclic) bond motifs is 1. The van der Waals surface area contributed by atoms with Crippen LogP contribution in [0.2, 0.25) is 0 Å². The van der Waals surface area contributed by atoms with Gasteiger partial charge in [-0.05, 0) is 42.3 Å². The molecule has 0 aromatic heterocycles. The summed E-state index contributed by atoms with van der Waals surface area (Å²) in [5.74, 6) is 1.64. The lowest BCUT2D eigenvalue weighted by Crippen LogP contribution is -2.42. The fourth-order valence-electron chi connectivity index (χ4n) is 3.78. The lowest BCUT2D eigenvalue weighted by Gasteiger charge is -2.22. The van der Waals surface area contributed by atoms with E-state index in [1.54, 1.807) is 25.3 Å². The van der Waals surface area contributed by atoms with E-state index in [0.29, 0.717) is 30.2 Å². The van der Waals surface area contributed by atoms with Crippen molar-refractivity contribution in [1.29, 1.82) is 0 Å². The Morgan fingerprint density at radius 3 is 2.61 bits per heavy atom. The predicted molar refractivity (Wildman–Crippen MR) is 114 cm³/mol. The lowest BCUT2D eigenvalue weighted by atomic mass is 10.2. The van der Waals surface area contributed by atoms with Gasteiger partial charge in [0.15, 0.2) is 11.5 Å². The maximum Gasteiger partial charge on any atom is 0.251 e. The minimum atomic E-state index is -0.303. The smallest absolute Gasteiger partial charge is 0.251 e. The van der Waals surface area contributed by atoms with Crippen LogP contribution in [-0.2, 0) is 11.3 Å². The topological polar surface area (TPSA) is 80.3 Å². The minimum Gasteiger partial charge on any atom is -0.497 e. The molecule has 0 unspecified atom stereocenters. The third kappa shape index (κ3) is 5.27. The molecule has 8 nitrogen and oxygen atoms in total. The summed E-state index contributed by atoms with van der Waals surface area (Å²) in [5, 5.41) is 2.72. The minimum absolute atomic E-state index is 0.0221.